The first-order valence-corrected chi connectivity index (χ1v) is 8.44. The van der Waals surface area contributed by atoms with Crippen LogP contribution in [0.2, 0.25) is 0 Å². The third-order valence-electron chi connectivity index (χ3n) is 3.88. The van der Waals surface area contributed by atoms with Crippen LogP contribution in [0.3, 0.4) is 0 Å². The van der Waals surface area contributed by atoms with Crippen molar-refractivity contribution in [2.24, 2.45) is 0 Å². The summed E-state index contributed by atoms with van der Waals surface area (Å²) in [4.78, 5) is 22.8. The summed E-state index contributed by atoms with van der Waals surface area (Å²) in [5.41, 5.74) is -0.995. The largest absolute Gasteiger partial charge is 0.444 e. The highest BCUT2D eigenvalue weighted by atomic mass is 16.6. The van der Waals surface area contributed by atoms with Crippen molar-refractivity contribution >= 4 is 11.9 Å². The molecular formula is C17H23N7O2. The molecule has 26 heavy (non-hydrogen) atoms. The number of amides is 1. The minimum absolute atomic E-state index is 0.425. The Balaban J connectivity index is 2.03. The van der Waals surface area contributed by atoms with Gasteiger partial charge in [0.05, 0.1) is 0 Å². The van der Waals surface area contributed by atoms with E-state index in [9.17, 15) is 4.79 Å². The Hall–Kier alpha value is -2.81. The first kappa shape index (κ1) is 18.0. The Kier molecular flexibility index (Phi) is 4.99. The fourth-order valence-corrected chi connectivity index (χ4v) is 2.81. The Labute approximate surface area is 152 Å². The van der Waals surface area contributed by atoms with Crippen molar-refractivity contribution in [2.45, 2.75) is 32.0 Å². The standard InChI is InChI=1S/C17H23N7O2/c1-16(2,3)26-15(25)24-10-9-18-11-17(24,13-5-4-7-21-23-13)22-14-6-8-19-12-20-14/h4-8,12,18H,9-11H2,1-3H3,(H,19,20,22). The number of nitrogens with zero attached hydrogens (tertiary/aromatic N) is 5. The first-order chi connectivity index (χ1) is 12.4. The Morgan fingerprint density at radius 3 is 2.85 bits per heavy atom. The lowest BCUT2D eigenvalue weighted by Crippen LogP contribution is -2.65. The summed E-state index contributed by atoms with van der Waals surface area (Å²) in [6, 6.07) is 5.35. The number of ether oxygens (including phenoxy) is 1. The molecular weight excluding hydrogens is 334 g/mol. The van der Waals surface area contributed by atoms with Crippen molar-refractivity contribution < 1.29 is 9.53 Å². The summed E-state index contributed by atoms with van der Waals surface area (Å²) >= 11 is 0. The summed E-state index contributed by atoms with van der Waals surface area (Å²) in [7, 11) is 0. The predicted molar refractivity (Wildman–Crippen MR) is 95.2 cm³/mol. The molecule has 1 saturated heterocycles. The van der Waals surface area contributed by atoms with Crippen LogP contribution < -0.4 is 10.6 Å². The molecule has 1 aliphatic heterocycles. The number of carbonyl (C=O) groups excluding carboxylic acids is 1. The number of carbonyl (C=O) groups is 1. The maximum atomic E-state index is 12.9. The minimum atomic E-state index is -0.983. The van der Waals surface area contributed by atoms with Gasteiger partial charge in [-0.15, -0.1) is 0 Å². The van der Waals surface area contributed by atoms with Crippen LogP contribution in [0.4, 0.5) is 10.6 Å². The van der Waals surface area contributed by atoms with Gasteiger partial charge >= 0.3 is 6.09 Å². The van der Waals surface area contributed by atoms with E-state index in [2.05, 4.69) is 30.8 Å². The average molecular weight is 357 g/mol. The van der Waals surface area contributed by atoms with Crippen molar-refractivity contribution in [1.82, 2.24) is 30.4 Å². The van der Waals surface area contributed by atoms with Gasteiger partial charge in [0, 0.05) is 32.0 Å². The van der Waals surface area contributed by atoms with Crippen LogP contribution in [0.1, 0.15) is 26.5 Å². The summed E-state index contributed by atoms with van der Waals surface area (Å²) in [5.74, 6) is 0.572. The van der Waals surface area contributed by atoms with E-state index in [0.29, 0.717) is 31.1 Å². The first-order valence-electron chi connectivity index (χ1n) is 8.44. The van der Waals surface area contributed by atoms with Crippen molar-refractivity contribution in [3.8, 4) is 0 Å². The maximum Gasteiger partial charge on any atom is 0.412 e. The minimum Gasteiger partial charge on any atom is -0.444 e. The van der Waals surface area contributed by atoms with E-state index in [1.54, 1.807) is 29.4 Å². The highest BCUT2D eigenvalue weighted by molar-refractivity contribution is 5.70. The summed E-state index contributed by atoms with van der Waals surface area (Å²) < 4.78 is 5.63. The smallest absolute Gasteiger partial charge is 0.412 e. The van der Waals surface area contributed by atoms with Crippen LogP contribution in [0.25, 0.3) is 0 Å². The molecule has 1 unspecified atom stereocenters. The predicted octanol–water partition coefficient (Wildman–Crippen LogP) is 1.37. The van der Waals surface area contributed by atoms with Gasteiger partial charge in [0.25, 0.3) is 0 Å². The molecule has 9 heteroatoms. The van der Waals surface area contributed by atoms with Crippen LogP contribution in [0, 0.1) is 0 Å². The zero-order chi connectivity index (χ0) is 18.6. The monoisotopic (exact) mass is 357 g/mol. The Morgan fingerprint density at radius 2 is 2.19 bits per heavy atom. The third-order valence-corrected chi connectivity index (χ3v) is 3.88. The maximum absolute atomic E-state index is 12.9. The van der Waals surface area contributed by atoms with E-state index in [1.165, 1.54) is 6.33 Å². The van der Waals surface area contributed by atoms with Gasteiger partial charge in [0.1, 0.15) is 23.4 Å². The van der Waals surface area contributed by atoms with Gasteiger partial charge in [-0.2, -0.15) is 10.2 Å². The zero-order valence-corrected chi connectivity index (χ0v) is 15.1. The van der Waals surface area contributed by atoms with E-state index < -0.39 is 17.4 Å². The number of aromatic nitrogens is 4. The summed E-state index contributed by atoms with van der Waals surface area (Å²) in [6.45, 7) is 7.05. The highest BCUT2D eigenvalue weighted by Gasteiger charge is 2.46. The molecule has 0 aliphatic carbocycles. The van der Waals surface area contributed by atoms with Crippen molar-refractivity contribution in [3.05, 3.63) is 42.6 Å². The normalized spacial score (nSPS) is 20.5. The molecule has 2 aromatic rings. The van der Waals surface area contributed by atoms with Crippen LogP contribution in [0.5, 0.6) is 0 Å². The lowest BCUT2D eigenvalue weighted by molar-refractivity contribution is -0.00715. The molecule has 1 atom stereocenters. The van der Waals surface area contributed by atoms with Gasteiger partial charge in [-0.1, -0.05) is 0 Å². The molecule has 1 fully saturated rings. The Bertz CT molecular complexity index is 736. The third kappa shape index (κ3) is 3.88. The summed E-state index contributed by atoms with van der Waals surface area (Å²) in [5, 5.41) is 14.9. The lowest BCUT2D eigenvalue weighted by Gasteiger charge is -2.47. The second kappa shape index (κ2) is 7.20. The molecule has 3 heterocycles. The van der Waals surface area contributed by atoms with E-state index in [0.717, 1.165) is 0 Å². The lowest BCUT2D eigenvalue weighted by atomic mass is 10.0. The van der Waals surface area contributed by atoms with Crippen LogP contribution >= 0.6 is 0 Å². The average Bonchev–Trinajstić information content (AvgIpc) is 2.62. The molecule has 0 radical (unpaired) electrons. The quantitative estimate of drug-likeness (QED) is 0.849. The molecule has 2 aromatic heterocycles. The fraction of sp³-hybridized carbons (Fsp3) is 0.471. The van der Waals surface area contributed by atoms with Crippen molar-refractivity contribution in [2.75, 3.05) is 25.0 Å². The molecule has 0 aromatic carbocycles. The van der Waals surface area contributed by atoms with Crippen molar-refractivity contribution in [3.63, 3.8) is 0 Å². The molecule has 0 spiro atoms. The van der Waals surface area contributed by atoms with E-state index >= 15 is 0 Å². The number of rotatable bonds is 3. The van der Waals surface area contributed by atoms with Gasteiger partial charge in [-0.25, -0.2) is 14.8 Å². The zero-order valence-electron chi connectivity index (χ0n) is 15.1. The van der Waals surface area contributed by atoms with E-state index in [1.807, 2.05) is 26.8 Å². The molecule has 0 bridgehead atoms. The van der Waals surface area contributed by atoms with Crippen molar-refractivity contribution in [1.29, 1.82) is 0 Å². The molecule has 0 saturated carbocycles. The van der Waals surface area contributed by atoms with Gasteiger partial charge in [0.2, 0.25) is 0 Å². The molecule has 9 nitrogen and oxygen atoms in total. The van der Waals surface area contributed by atoms with E-state index in [-0.39, 0.29) is 0 Å². The van der Waals surface area contributed by atoms with Gasteiger partial charge in [0.15, 0.2) is 5.66 Å². The highest BCUT2D eigenvalue weighted by Crippen LogP contribution is 2.31. The summed E-state index contributed by atoms with van der Waals surface area (Å²) in [6.07, 6.45) is 4.25. The van der Waals surface area contributed by atoms with Crippen LogP contribution in [0.15, 0.2) is 36.9 Å². The SMILES string of the molecule is CC(C)(C)OC(=O)N1CCNCC1(Nc1ccncn1)c1cccnn1. The number of hydrogen-bond acceptors (Lipinski definition) is 8. The second-order valence-corrected chi connectivity index (χ2v) is 7.00. The number of piperazine rings is 1. The van der Waals surface area contributed by atoms with E-state index in [4.69, 9.17) is 4.74 Å². The van der Waals surface area contributed by atoms with Crippen LogP contribution in [-0.2, 0) is 10.4 Å². The molecule has 3 rings (SSSR count). The number of anilines is 1. The second-order valence-electron chi connectivity index (χ2n) is 7.00. The molecule has 2 N–H and O–H groups in total. The topological polar surface area (TPSA) is 105 Å². The van der Waals surface area contributed by atoms with Gasteiger partial charge in [-0.3, -0.25) is 4.90 Å². The number of hydrogen-bond donors (Lipinski definition) is 2. The van der Waals surface area contributed by atoms with Crippen LogP contribution in [-0.4, -0.2) is 56.4 Å². The Morgan fingerprint density at radius 1 is 1.35 bits per heavy atom. The number of nitrogens with one attached hydrogen (secondary N) is 2. The molecule has 138 valence electrons. The molecule has 1 amide bonds. The fourth-order valence-electron chi connectivity index (χ4n) is 2.81. The molecule has 1 aliphatic rings. The van der Waals surface area contributed by atoms with Gasteiger partial charge < -0.3 is 15.4 Å². The van der Waals surface area contributed by atoms with Gasteiger partial charge in [-0.05, 0) is 39.0 Å².